The predicted octanol–water partition coefficient (Wildman–Crippen LogP) is 1.12. The molecule has 1 aromatic carbocycles. The van der Waals surface area contributed by atoms with Gasteiger partial charge in [-0.3, -0.25) is 15.1 Å². The Morgan fingerprint density at radius 1 is 1.35 bits per heavy atom. The van der Waals surface area contributed by atoms with Crippen LogP contribution in [0.4, 0.5) is 5.69 Å². The quantitative estimate of drug-likeness (QED) is 0.386. The van der Waals surface area contributed by atoms with Crippen molar-refractivity contribution >= 4 is 17.7 Å². The van der Waals surface area contributed by atoms with Gasteiger partial charge in [0, 0.05) is 18.5 Å². The Labute approximate surface area is 113 Å². The molecule has 0 aliphatic rings. The smallest absolute Gasteiger partial charge is 0.278 e. The number of benzene rings is 1. The van der Waals surface area contributed by atoms with Crippen LogP contribution in [-0.2, 0) is 0 Å². The molecule has 20 heavy (non-hydrogen) atoms. The van der Waals surface area contributed by atoms with Gasteiger partial charge in [0.15, 0.2) is 5.84 Å². The minimum Gasteiger partial charge on any atom is -0.380 e. The van der Waals surface area contributed by atoms with Crippen LogP contribution in [-0.4, -0.2) is 26.9 Å². The third-order valence-corrected chi connectivity index (χ3v) is 2.32. The molecule has 0 fully saturated rings. The largest absolute Gasteiger partial charge is 0.380 e. The van der Waals surface area contributed by atoms with Gasteiger partial charge in [-0.05, 0) is 6.07 Å². The van der Waals surface area contributed by atoms with Gasteiger partial charge in [0.2, 0.25) is 0 Å². The Morgan fingerprint density at radius 2 is 2.15 bits per heavy atom. The number of hydrogen-bond donors (Lipinski definition) is 1. The highest BCUT2D eigenvalue weighted by atomic mass is 16.6. The molecule has 8 heteroatoms. The van der Waals surface area contributed by atoms with Crippen molar-refractivity contribution in [2.45, 2.75) is 0 Å². The number of nitro benzene ring substituents is 1. The van der Waals surface area contributed by atoms with Crippen molar-refractivity contribution in [3.63, 3.8) is 0 Å². The first kappa shape index (κ1) is 13.3. The van der Waals surface area contributed by atoms with E-state index in [1.807, 2.05) is 0 Å². The van der Waals surface area contributed by atoms with Gasteiger partial charge in [0.25, 0.3) is 5.69 Å². The molecule has 0 atom stereocenters. The first-order chi connectivity index (χ1) is 9.68. The molecule has 0 unspecified atom stereocenters. The highest BCUT2D eigenvalue weighted by Crippen LogP contribution is 2.15. The Kier molecular flexibility index (Phi) is 4.07. The molecule has 2 rings (SSSR count). The number of rotatable bonds is 4. The number of nitrogens with two attached hydrogens (primary N) is 1. The molecule has 2 aromatic rings. The lowest BCUT2D eigenvalue weighted by Crippen LogP contribution is -2.14. The van der Waals surface area contributed by atoms with Crippen LogP contribution in [0.3, 0.4) is 0 Å². The number of para-hydroxylation sites is 1. The molecular weight excluding hydrogens is 260 g/mol. The fraction of sp³-hybridized carbons (Fsp3) is 0. The van der Waals surface area contributed by atoms with Crippen molar-refractivity contribution in [2.75, 3.05) is 0 Å². The van der Waals surface area contributed by atoms with E-state index < -0.39 is 4.92 Å². The van der Waals surface area contributed by atoms with E-state index >= 15 is 0 Å². The highest BCUT2D eigenvalue weighted by molar-refractivity contribution is 5.95. The van der Waals surface area contributed by atoms with E-state index in [0.717, 1.165) is 0 Å². The number of amidine groups is 1. The van der Waals surface area contributed by atoms with Crippen LogP contribution in [0, 0.1) is 10.1 Å². The Morgan fingerprint density at radius 3 is 2.85 bits per heavy atom. The zero-order valence-corrected chi connectivity index (χ0v) is 10.2. The maximum Gasteiger partial charge on any atom is 0.278 e. The van der Waals surface area contributed by atoms with Gasteiger partial charge < -0.3 is 5.73 Å². The average Bonchev–Trinajstić information content (AvgIpc) is 2.48. The van der Waals surface area contributed by atoms with Crippen molar-refractivity contribution in [1.82, 2.24) is 9.97 Å². The average molecular weight is 270 g/mol. The SMILES string of the molecule is NC(=NN=Cc1ccccc1[N+](=O)[O-])c1cnccn1. The zero-order chi connectivity index (χ0) is 14.4. The summed E-state index contributed by atoms with van der Waals surface area (Å²) >= 11 is 0. The van der Waals surface area contributed by atoms with E-state index in [1.165, 1.54) is 30.9 Å². The Balaban J connectivity index is 2.21. The van der Waals surface area contributed by atoms with Crippen LogP contribution < -0.4 is 5.73 Å². The van der Waals surface area contributed by atoms with E-state index in [0.29, 0.717) is 11.3 Å². The van der Waals surface area contributed by atoms with Crippen LogP contribution in [0.5, 0.6) is 0 Å². The van der Waals surface area contributed by atoms with E-state index in [9.17, 15) is 10.1 Å². The lowest BCUT2D eigenvalue weighted by atomic mass is 10.2. The minimum absolute atomic E-state index is 0.0514. The number of nitro groups is 1. The van der Waals surface area contributed by atoms with Gasteiger partial charge in [0.1, 0.15) is 5.69 Å². The molecule has 0 saturated carbocycles. The van der Waals surface area contributed by atoms with E-state index in [2.05, 4.69) is 20.2 Å². The normalized spacial score (nSPS) is 11.7. The van der Waals surface area contributed by atoms with Crippen molar-refractivity contribution in [3.8, 4) is 0 Å². The number of hydrogen-bond acceptors (Lipinski definition) is 6. The van der Waals surface area contributed by atoms with Crippen molar-refractivity contribution in [1.29, 1.82) is 0 Å². The topological polar surface area (TPSA) is 120 Å². The van der Waals surface area contributed by atoms with Gasteiger partial charge in [-0.2, -0.15) is 5.10 Å². The molecule has 0 amide bonds. The van der Waals surface area contributed by atoms with Crippen LogP contribution in [0.15, 0.2) is 53.1 Å². The lowest BCUT2D eigenvalue weighted by Gasteiger charge is -1.96. The zero-order valence-electron chi connectivity index (χ0n) is 10.2. The van der Waals surface area contributed by atoms with E-state index in [-0.39, 0.29) is 11.5 Å². The van der Waals surface area contributed by atoms with Crippen LogP contribution in [0.25, 0.3) is 0 Å². The molecule has 2 N–H and O–H groups in total. The Hall–Kier alpha value is -3.16. The molecule has 0 saturated heterocycles. The molecule has 100 valence electrons. The van der Waals surface area contributed by atoms with Crippen molar-refractivity contribution in [3.05, 3.63) is 64.2 Å². The molecule has 0 radical (unpaired) electrons. The van der Waals surface area contributed by atoms with Gasteiger partial charge in [-0.15, -0.1) is 5.10 Å². The van der Waals surface area contributed by atoms with Crippen LogP contribution in [0.1, 0.15) is 11.3 Å². The lowest BCUT2D eigenvalue weighted by molar-refractivity contribution is -0.385. The summed E-state index contributed by atoms with van der Waals surface area (Å²) in [5.41, 5.74) is 6.33. The highest BCUT2D eigenvalue weighted by Gasteiger charge is 2.09. The molecular formula is C12H10N6O2. The van der Waals surface area contributed by atoms with Crippen LogP contribution >= 0.6 is 0 Å². The summed E-state index contributed by atoms with van der Waals surface area (Å²) in [7, 11) is 0. The third kappa shape index (κ3) is 3.19. The molecule has 8 nitrogen and oxygen atoms in total. The van der Waals surface area contributed by atoms with Crippen molar-refractivity contribution < 1.29 is 4.92 Å². The van der Waals surface area contributed by atoms with Gasteiger partial charge in [-0.25, -0.2) is 4.98 Å². The second-order valence-electron chi connectivity index (χ2n) is 3.64. The molecule has 1 aromatic heterocycles. The summed E-state index contributed by atoms with van der Waals surface area (Å²) < 4.78 is 0. The fourth-order valence-electron chi connectivity index (χ4n) is 1.40. The maximum absolute atomic E-state index is 10.8. The molecule has 0 spiro atoms. The molecule has 0 bridgehead atoms. The third-order valence-electron chi connectivity index (χ3n) is 2.32. The molecule has 1 heterocycles. The maximum atomic E-state index is 10.8. The first-order valence-corrected chi connectivity index (χ1v) is 5.55. The second-order valence-corrected chi connectivity index (χ2v) is 3.64. The minimum atomic E-state index is -0.489. The van der Waals surface area contributed by atoms with E-state index in [4.69, 9.17) is 5.73 Å². The van der Waals surface area contributed by atoms with Crippen LogP contribution in [0.2, 0.25) is 0 Å². The summed E-state index contributed by atoms with van der Waals surface area (Å²) in [6.45, 7) is 0. The molecule has 0 aliphatic heterocycles. The van der Waals surface area contributed by atoms with E-state index in [1.54, 1.807) is 18.2 Å². The summed E-state index contributed by atoms with van der Waals surface area (Å²) in [4.78, 5) is 18.1. The van der Waals surface area contributed by atoms with Crippen molar-refractivity contribution in [2.24, 2.45) is 15.9 Å². The Bertz CT molecular complexity index is 669. The fourth-order valence-corrected chi connectivity index (χ4v) is 1.40. The molecule has 0 aliphatic carbocycles. The second kappa shape index (κ2) is 6.14. The summed E-state index contributed by atoms with van der Waals surface area (Å²) in [5, 5.41) is 18.3. The summed E-state index contributed by atoms with van der Waals surface area (Å²) in [6.07, 6.45) is 5.69. The van der Waals surface area contributed by atoms with Gasteiger partial charge >= 0.3 is 0 Å². The summed E-state index contributed by atoms with van der Waals surface area (Å²) in [6, 6.07) is 6.20. The standard InChI is InChI=1S/C12H10N6O2/c13-12(10-8-14-5-6-15-10)17-16-7-9-3-1-2-4-11(9)18(19)20/h1-8H,(H2,13,17). The number of nitrogens with zero attached hydrogens (tertiary/aromatic N) is 5. The number of aromatic nitrogens is 2. The first-order valence-electron chi connectivity index (χ1n) is 5.55. The summed E-state index contributed by atoms with van der Waals surface area (Å²) in [5.74, 6) is 0.0768. The van der Waals surface area contributed by atoms with Gasteiger partial charge in [0.05, 0.1) is 22.9 Å². The van der Waals surface area contributed by atoms with Gasteiger partial charge in [-0.1, -0.05) is 12.1 Å². The predicted molar refractivity (Wildman–Crippen MR) is 73.4 cm³/mol. The monoisotopic (exact) mass is 270 g/mol.